The van der Waals surface area contributed by atoms with Gasteiger partial charge >= 0.3 is 12.1 Å². The van der Waals surface area contributed by atoms with Crippen LogP contribution < -0.4 is 10.6 Å². The van der Waals surface area contributed by atoms with Crippen molar-refractivity contribution in [2.75, 3.05) is 11.5 Å². The van der Waals surface area contributed by atoms with E-state index in [9.17, 15) is 28.9 Å². The molecular formula is C31H37N2O7P. The molecule has 0 aromatic heterocycles. The second kappa shape index (κ2) is 13.6. The number of carboxylic acid groups (broad SMARTS) is 1. The largest absolute Gasteiger partial charge is 0.480 e. The molecule has 3 aromatic carbocycles. The Kier molecular flexibility index (Phi) is 10.5. The molecule has 3 atom stereocenters. The number of carbonyl (C=O) groups excluding carboxylic acids is 2. The highest BCUT2D eigenvalue weighted by atomic mass is 31.2. The minimum Gasteiger partial charge on any atom is -0.480 e. The van der Waals surface area contributed by atoms with Crippen LogP contribution in [0.1, 0.15) is 38.8 Å². The van der Waals surface area contributed by atoms with Crippen LogP contribution in [-0.4, -0.2) is 45.8 Å². The number of anilines is 1. The first-order valence-electron chi connectivity index (χ1n) is 13.3. The van der Waals surface area contributed by atoms with Crippen molar-refractivity contribution in [3.8, 4) is 11.1 Å². The van der Waals surface area contributed by atoms with Gasteiger partial charge in [-0.05, 0) is 62.4 Å². The summed E-state index contributed by atoms with van der Waals surface area (Å²) in [5.74, 6) is -2.80. The molecule has 0 saturated heterocycles. The number of benzene rings is 3. The lowest BCUT2D eigenvalue weighted by Crippen LogP contribution is -2.43. The van der Waals surface area contributed by atoms with Crippen molar-refractivity contribution >= 4 is 31.0 Å². The number of rotatable bonds is 11. The molecule has 3 aromatic rings. The van der Waals surface area contributed by atoms with E-state index in [1.54, 1.807) is 45.0 Å². The summed E-state index contributed by atoms with van der Waals surface area (Å²) in [6.45, 7) is 6.52. The van der Waals surface area contributed by atoms with Crippen LogP contribution in [0.3, 0.4) is 0 Å². The zero-order valence-corrected chi connectivity index (χ0v) is 24.6. The van der Waals surface area contributed by atoms with E-state index < -0.39 is 42.9 Å². The summed E-state index contributed by atoms with van der Waals surface area (Å²) in [6, 6.07) is 22.7. The van der Waals surface area contributed by atoms with E-state index in [1.165, 1.54) is 6.92 Å². The monoisotopic (exact) mass is 580 g/mol. The molecule has 2 amide bonds. The van der Waals surface area contributed by atoms with E-state index in [0.29, 0.717) is 11.3 Å². The van der Waals surface area contributed by atoms with Gasteiger partial charge in [0.15, 0.2) is 0 Å². The Morgan fingerprint density at radius 2 is 1.49 bits per heavy atom. The average Bonchev–Trinajstić information content (AvgIpc) is 2.89. The zero-order valence-electron chi connectivity index (χ0n) is 23.7. The Hall–Kier alpha value is -3.94. The normalized spacial score (nSPS) is 14.3. The first-order valence-corrected chi connectivity index (χ1v) is 15.3. The standard InChI is InChI=1S/C31H37N2O7P/c1-21(29(35)36)32-28(34)26(18-22-14-16-24(17-15-22)23-10-6-5-7-11-23)20-41(38,39)19-25-12-8-9-13-27(25)33-30(37)40-31(2,3)4/h5-17,21,26H,18-20H2,1-4H3,(H,32,34)(H,33,37)(H,35,36)(H,38,39)/t21-,26-/m0/s1. The smallest absolute Gasteiger partial charge is 0.412 e. The topological polar surface area (TPSA) is 142 Å². The highest BCUT2D eigenvalue weighted by molar-refractivity contribution is 7.57. The number of carbonyl (C=O) groups is 3. The minimum absolute atomic E-state index is 0.135. The molecular weight excluding hydrogens is 543 g/mol. The summed E-state index contributed by atoms with van der Waals surface area (Å²) in [7, 11) is -4.00. The second-order valence-corrected chi connectivity index (χ2v) is 13.4. The van der Waals surface area contributed by atoms with Gasteiger partial charge in [0.1, 0.15) is 11.6 Å². The molecule has 9 nitrogen and oxygen atoms in total. The van der Waals surface area contributed by atoms with Crippen LogP contribution in [-0.2, 0) is 31.5 Å². The lowest BCUT2D eigenvalue weighted by atomic mass is 9.97. The third kappa shape index (κ3) is 10.2. The fourth-order valence-corrected chi connectivity index (χ4v) is 6.17. The molecule has 41 heavy (non-hydrogen) atoms. The van der Waals surface area contributed by atoms with Gasteiger partial charge in [0.2, 0.25) is 13.3 Å². The molecule has 0 radical (unpaired) electrons. The Morgan fingerprint density at radius 3 is 2.10 bits per heavy atom. The van der Waals surface area contributed by atoms with Gasteiger partial charge in [-0.2, -0.15) is 0 Å². The number of amides is 2. The van der Waals surface area contributed by atoms with Crippen molar-refractivity contribution in [3.05, 3.63) is 90.0 Å². The molecule has 0 aliphatic rings. The highest BCUT2D eigenvalue weighted by Gasteiger charge is 2.32. The predicted molar refractivity (Wildman–Crippen MR) is 159 cm³/mol. The van der Waals surface area contributed by atoms with Crippen molar-refractivity contribution in [2.45, 2.75) is 51.9 Å². The summed E-state index contributed by atoms with van der Waals surface area (Å²) < 4.78 is 18.8. The first-order chi connectivity index (χ1) is 19.2. The van der Waals surface area contributed by atoms with Crippen LogP contribution in [0.5, 0.6) is 0 Å². The first kappa shape index (κ1) is 31.6. The van der Waals surface area contributed by atoms with Crippen LogP contribution in [0.2, 0.25) is 0 Å². The molecule has 10 heteroatoms. The molecule has 0 fully saturated rings. The van der Waals surface area contributed by atoms with Crippen molar-refractivity contribution in [3.63, 3.8) is 0 Å². The molecule has 0 unspecified atom stereocenters. The number of carboxylic acids is 1. The van der Waals surface area contributed by atoms with E-state index >= 15 is 0 Å². The Morgan fingerprint density at radius 1 is 0.902 bits per heavy atom. The van der Waals surface area contributed by atoms with Crippen LogP contribution in [0.4, 0.5) is 10.5 Å². The quantitative estimate of drug-likeness (QED) is 0.206. The summed E-state index contributed by atoms with van der Waals surface area (Å²) in [5, 5.41) is 14.3. The second-order valence-electron chi connectivity index (χ2n) is 11.0. The van der Waals surface area contributed by atoms with Gasteiger partial charge in [-0.3, -0.25) is 19.5 Å². The predicted octanol–water partition coefficient (Wildman–Crippen LogP) is 5.92. The molecule has 3 rings (SSSR count). The van der Waals surface area contributed by atoms with E-state index in [1.807, 2.05) is 54.6 Å². The van der Waals surface area contributed by atoms with Gasteiger partial charge in [-0.25, -0.2) is 4.79 Å². The number of ether oxygens (including phenoxy) is 1. The lowest BCUT2D eigenvalue weighted by molar-refractivity contribution is -0.141. The molecule has 4 N–H and O–H groups in total. The van der Waals surface area contributed by atoms with E-state index in [2.05, 4.69) is 10.6 Å². The summed E-state index contributed by atoms with van der Waals surface area (Å²) in [4.78, 5) is 47.9. The maximum absolute atomic E-state index is 13.5. The SMILES string of the molecule is C[C@H](NC(=O)[C@@H](Cc1ccc(-c2ccccc2)cc1)C[P@](=O)(O)Cc1ccccc1NC(=O)OC(C)(C)C)C(=O)O. The number of aliphatic carboxylic acids is 1. The summed E-state index contributed by atoms with van der Waals surface area (Å²) in [6.07, 6.45) is -1.25. The third-order valence-electron chi connectivity index (χ3n) is 6.22. The molecule has 218 valence electrons. The highest BCUT2D eigenvalue weighted by Crippen LogP contribution is 2.48. The van der Waals surface area contributed by atoms with Crippen molar-refractivity contribution < 1.29 is 33.7 Å². The van der Waals surface area contributed by atoms with Crippen LogP contribution in [0, 0.1) is 5.92 Å². The minimum atomic E-state index is -4.00. The number of hydrogen-bond donors (Lipinski definition) is 4. The Balaban J connectivity index is 1.81. The Labute approximate surface area is 240 Å². The van der Waals surface area contributed by atoms with Gasteiger partial charge in [0.05, 0.1) is 12.1 Å². The van der Waals surface area contributed by atoms with Gasteiger partial charge < -0.3 is 20.1 Å². The molecule has 0 saturated carbocycles. The molecule has 0 aliphatic heterocycles. The molecule has 0 heterocycles. The molecule has 0 spiro atoms. The summed E-state index contributed by atoms with van der Waals surface area (Å²) in [5.41, 5.74) is 2.79. The van der Waals surface area contributed by atoms with Gasteiger partial charge in [-0.1, -0.05) is 72.8 Å². The van der Waals surface area contributed by atoms with E-state index in [-0.39, 0.29) is 18.7 Å². The number of hydrogen-bond acceptors (Lipinski definition) is 5. The van der Waals surface area contributed by atoms with Gasteiger partial charge in [0.25, 0.3) is 0 Å². The van der Waals surface area contributed by atoms with Crippen LogP contribution in [0.15, 0.2) is 78.9 Å². The van der Waals surface area contributed by atoms with Crippen LogP contribution in [0.25, 0.3) is 11.1 Å². The fourth-order valence-electron chi connectivity index (χ4n) is 4.25. The average molecular weight is 581 g/mol. The number of para-hydroxylation sites is 1. The lowest BCUT2D eigenvalue weighted by Gasteiger charge is -2.23. The third-order valence-corrected chi connectivity index (χ3v) is 8.07. The fraction of sp³-hybridized carbons (Fsp3) is 0.323. The van der Waals surface area contributed by atoms with E-state index in [4.69, 9.17) is 4.74 Å². The molecule has 0 aliphatic carbocycles. The van der Waals surface area contributed by atoms with Gasteiger partial charge in [0, 0.05) is 11.8 Å². The van der Waals surface area contributed by atoms with Crippen LogP contribution >= 0.6 is 7.37 Å². The van der Waals surface area contributed by atoms with Crippen molar-refractivity contribution in [2.24, 2.45) is 5.92 Å². The maximum Gasteiger partial charge on any atom is 0.412 e. The number of nitrogens with one attached hydrogen (secondary N) is 2. The maximum atomic E-state index is 13.5. The van der Waals surface area contributed by atoms with Gasteiger partial charge in [-0.15, -0.1) is 0 Å². The summed E-state index contributed by atoms with van der Waals surface area (Å²) >= 11 is 0. The Bertz CT molecular complexity index is 1400. The van der Waals surface area contributed by atoms with Crippen molar-refractivity contribution in [1.82, 2.24) is 5.32 Å². The van der Waals surface area contributed by atoms with Crippen molar-refractivity contribution in [1.29, 1.82) is 0 Å². The molecule has 0 bridgehead atoms. The zero-order chi connectivity index (χ0) is 30.2. The van der Waals surface area contributed by atoms with E-state index in [0.717, 1.165) is 16.7 Å².